The van der Waals surface area contributed by atoms with Gasteiger partial charge in [-0.15, -0.1) is 0 Å². The molecule has 0 heterocycles. The van der Waals surface area contributed by atoms with E-state index in [-0.39, 0.29) is 22.3 Å². The molecule has 130 valence electrons. The third-order valence-electron chi connectivity index (χ3n) is 4.27. The van der Waals surface area contributed by atoms with Crippen LogP contribution in [-0.4, -0.2) is 23.2 Å². The van der Waals surface area contributed by atoms with E-state index < -0.39 is 10.1 Å². The van der Waals surface area contributed by atoms with Gasteiger partial charge in [-0.05, 0) is 70.6 Å². The van der Waals surface area contributed by atoms with Gasteiger partial charge < -0.3 is 10.2 Å². The highest BCUT2D eigenvalue weighted by Crippen LogP contribution is 2.30. The first-order valence-electron chi connectivity index (χ1n) is 7.76. The number of phenolic OH excluding ortho intramolecular Hbond substituents is 2. The first-order chi connectivity index (χ1) is 11.7. The van der Waals surface area contributed by atoms with Crippen LogP contribution in [0.2, 0.25) is 0 Å². The van der Waals surface area contributed by atoms with Gasteiger partial charge in [0.2, 0.25) is 0 Å². The van der Waals surface area contributed by atoms with Crippen LogP contribution < -0.4 is 0 Å². The van der Waals surface area contributed by atoms with Crippen LogP contribution in [0.15, 0.2) is 59.5 Å². The van der Waals surface area contributed by atoms with Gasteiger partial charge in [-0.25, -0.2) is 0 Å². The molecule has 0 aliphatic rings. The molecule has 0 aromatic heterocycles. The molecule has 0 spiro atoms. The Hall–Kier alpha value is -2.57. The molecule has 0 saturated carbocycles. The van der Waals surface area contributed by atoms with Gasteiger partial charge >= 0.3 is 0 Å². The van der Waals surface area contributed by atoms with E-state index in [1.54, 1.807) is 36.4 Å². The average Bonchev–Trinajstić information content (AvgIpc) is 2.54. The molecule has 3 rings (SSSR count). The zero-order valence-corrected chi connectivity index (χ0v) is 14.4. The van der Waals surface area contributed by atoms with E-state index in [9.17, 15) is 23.2 Å². The van der Waals surface area contributed by atoms with E-state index >= 15 is 0 Å². The molecule has 25 heavy (non-hydrogen) atoms. The van der Waals surface area contributed by atoms with Gasteiger partial charge in [-0.3, -0.25) is 4.55 Å². The van der Waals surface area contributed by atoms with Gasteiger partial charge in [0.05, 0.1) is 4.90 Å². The number of hydrogen-bond donors (Lipinski definition) is 3. The van der Waals surface area contributed by atoms with Crippen molar-refractivity contribution >= 4 is 20.9 Å². The standard InChI is InChI=1S/C19H18O5S/c1-12(13-2-5-17(20)6-3-13)8-16-9-14-4-7-18(21)10-15(14)11-19(16)25(22,23)24/h2-7,9-12,20-21H,8H2,1H3,(H,22,23,24). The molecule has 5 nitrogen and oxygen atoms in total. The van der Waals surface area contributed by atoms with E-state index in [1.807, 2.05) is 6.92 Å². The highest BCUT2D eigenvalue weighted by molar-refractivity contribution is 7.85. The molecule has 3 aromatic carbocycles. The van der Waals surface area contributed by atoms with Crippen molar-refractivity contribution in [1.29, 1.82) is 0 Å². The molecule has 0 fully saturated rings. The first kappa shape index (κ1) is 17.3. The molecule has 1 atom stereocenters. The molecule has 6 heteroatoms. The van der Waals surface area contributed by atoms with Crippen LogP contribution in [0.1, 0.15) is 24.0 Å². The van der Waals surface area contributed by atoms with Crippen LogP contribution in [-0.2, 0) is 16.5 Å². The zero-order valence-electron chi connectivity index (χ0n) is 13.5. The minimum Gasteiger partial charge on any atom is -0.508 e. The molecule has 0 amide bonds. The zero-order chi connectivity index (χ0) is 18.2. The first-order valence-corrected chi connectivity index (χ1v) is 9.20. The fourth-order valence-corrected chi connectivity index (χ4v) is 3.71. The SMILES string of the molecule is CC(Cc1cc2ccc(O)cc2cc1S(=O)(=O)O)c1ccc(O)cc1. The van der Waals surface area contributed by atoms with E-state index in [1.165, 1.54) is 18.2 Å². The molecule has 0 aliphatic carbocycles. The lowest BCUT2D eigenvalue weighted by molar-refractivity contribution is 0.474. The molecule has 0 radical (unpaired) electrons. The van der Waals surface area contributed by atoms with Gasteiger partial charge in [0, 0.05) is 0 Å². The second kappa shape index (κ2) is 6.38. The maximum atomic E-state index is 11.8. The van der Waals surface area contributed by atoms with Crippen molar-refractivity contribution < 1.29 is 23.2 Å². The molecule has 0 saturated heterocycles. The van der Waals surface area contributed by atoms with Crippen molar-refractivity contribution in [2.45, 2.75) is 24.2 Å². The highest BCUT2D eigenvalue weighted by Gasteiger charge is 2.19. The highest BCUT2D eigenvalue weighted by atomic mass is 32.2. The maximum absolute atomic E-state index is 11.8. The summed E-state index contributed by atoms with van der Waals surface area (Å²) in [5.41, 5.74) is 1.45. The summed E-state index contributed by atoms with van der Waals surface area (Å²) in [4.78, 5) is -0.156. The fraction of sp³-hybridized carbons (Fsp3) is 0.158. The van der Waals surface area contributed by atoms with Gasteiger partial charge in [0.25, 0.3) is 10.1 Å². The topological polar surface area (TPSA) is 94.8 Å². The summed E-state index contributed by atoms with van der Waals surface area (Å²) >= 11 is 0. The number of phenols is 2. The van der Waals surface area contributed by atoms with E-state index in [2.05, 4.69) is 0 Å². The molecular weight excluding hydrogens is 340 g/mol. The largest absolute Gasteiger partial charge is 0.508 e. The van der Waals surface area contributed by atoms with Gasteiger partial charge in [0.1, 0.15) is 11.5 Å². The van der Waals surface area contributed by atoms with Crippen LogP contribution >= 0.6 is 0 Å². The van der Waals surface area contributed by atoms with Crippen molar-refractivity contribution in [3.8, 4) is 11.5 Å². The summed E-state index contributed by atoms with van der Waals surface area (Å²) in [6.45, 7) is 1.95. The van der Waals surface area contributed by atoms with Gasteiger partial charge in [-0.2, -0.15) is 8.42 Å². The van der Waals surface area contributed by atoms with E-state index in [4.69, 9.17) is 0 Å². The molecular formula is C19H18O5S. The molecule has 1 unspecified atom stereocenters. The van der Waals surface area contributed by atoms with Crippen molar-refractivity contribution in [3.63, 3.8) is 0 Å². The smallest absolute Gasteiger partial charge is 0.294 e. The number of rotatable bonds is 4. The summed E-state index contributed by atoms with van der Waals surface area (Å²) in [5.74, 6) is 0.176. The minimum atomic E-state index is -4.39. The number of aromatic hydroxyl groups is 2. The second-order valence-electron chi connectivity index (χ2n) is 6.16. The van der Waals surface area contributed by atoms with Crippen molar-refractivity contribution in [3.05, 3.63) is 65.7 Å². The third-order valence-corrected chi connectivity index (χ3v) is 5.21. The summed E-state index contributed by atoms with van der Waals surface area (Å²) in [6.07, 6.45) is 0.400. The van der Waals surface area contributed by atoms with Crippen LogP contribution in [0.5, 0.6) is 11.5 Å². The molecule has 3 N–H and O–H groups in total. The predicted molar refractivity (Wildman–Crippen MR) is 95.7 cm³/mol. The Morgan fingerprint density at radius 3 is 2.16 bits per heavy atom. The Morgan fingerprint density at radius 2 is 1.52 bits per heavy atom. The monoisotopic (exact) mass is 358 g/mol. The number of benzene rings is 3. The molecule has 0 aliphatic heterocycles. The van der Waals surface area contributed by atoms with Crippen LogP contribution in [0.3, 0.4) is 0 Å². The van der Waals surface area contributed by atoms with E-state index in [0.717, 1.165) is 10.9 Å². The van der Waals surface area contributed by atoms with Crippen LogP contribution in [0, 0.1) is 0 Å². The number of fused-ring (bicyclic) bond motifs is 1. The fourth-order valence-electron chi connectivity index (χ4n) is 2.96. The Morgan fingerprint density at radius 1 is 0.880 bits per heavy atom. The Kier molecular flexibility index (Phi) is 4.41. The van der Waals surface area contributed by atoms with Crippen molar-refractivity contribution in [2.24, 2.45) is 0 Å². The predicted octanol–water partition coefficient (Wildman–Crippen LogP) is 3.84. The lowest BCUT2D eigenvalue weighted by Gasteiger charge is -2.15. The molecule has 0 bridgehead atoms. The van der Waals surface area contributed by atoms with Gasteiger partial charge in [0.15, 0.2) is 0 Å². The lowest BCUT2D eigenvalue weighted by atomic mass is 9.92. The summed E-state index contributed by atoms with van der Waals surface area (Å²) < 4.78 is 33.2. The van der Waals surface area contributed by atoms with E-state index in [0.29, 0.717) is 17.4 Å². The number of hydrogen-bond acceptors (Lipinski definition) is 4. The van der Waals surface area contributed by atoms with Crippen molar-refractivity contribution in [2.75, 3.05) is 0 Å². The Bertz CT molecular complexity index is 1020. The normalized spacial score (nSPS) is 13.0. The minimum absolute atomic E-state index is 0.0179. The summed E-state index contributed by atoms with van der Waals surface area (Å²) in [7, 11) is -4.39. The Labute approximate surface area is 145 Å². The lowest BCUT2D eigenvalue weighted by Crippen LogP contribution is -2.07. The Balaban J connectivity index is 2.07. The van der Waals surface area contributed by atoms with Crippen LogP contribution in [0.25, 0.3) is 10.8 Å². The quantitative estimate of drug-likeness (QED) is 0.616. The van der Waals surface area contributed by atoms with Crippen molar-refractivity contribution in [1.82, 2.24) is 0 Å². The third kappa shape index (κ3) is 3.75. The van der Waals surface area contributed by atoms with Gasteiger partial charge in [-0.1, -0.05) is 25.1 Å². The summed E-state index contributed by atoms with van der Waals surface area (Å²) in [5, 5.41) is 20.3. The molecule has 3 aromatic rings. The van der Waals surface area contributed by atoms with Crippen LogP contribution in [0.4, 0.5) is 0 Å². The second-order valence-corrected chi connectivity index (χ2v) is 7.55. The maximum Gasteiger partial charge on any atom is 0.294 e. The summed E-state index contributed by atoms with van der Waals surface area (Å²) in [6, 6.07) is 14.5. The average molecular weight is 358 g/mol.